The van der Waals surface area contributed by atoms with Gasteiger partial charge in [0.15, 0.2) is 11.5 Å². The van der Waals surface area contributed by atoms with Gasteiger partial charge in [-0.3, -0.25) is 47.3 Å². The number of rotatable bonds is 68. The number of esters is 2. The average molecular weight is 1540 g/mol. The van der Waals surface area contributed by atoms with E-state index in [0.29, 0.717) is 49.1 Å². The van der Waals surface area contributed by atoms with Crippen LogP contribution < -0.4 is 36.7 Å². The molecule has 5 rings (SSSR count). The molecule has 0 spiro atoms. The second kappa shape index (κ2) is 57.9. The highest BCUT2D eigenvalue weighted by atomic mass is 31.2. The lowest BCUT2D eigenvalue weighted by molar-refractivity contribution is -0.156. The number of unbranched alkanes of at least 4 members (excludes halogenated alkanes) is 45. The second-order valence-electron chi connectivity index (χ2n) is 31.1. The Morgan fingerprint density at radius 1 is 0.454 bits per heavy atom. The second-order valence-corrected chi connectivity index (χ2v) is 32.5. The van der Waals surface area contributed by atoms with Gasteiger partial charge in [0.1, 0.15) is 31.3 Å². The number of nitrogens with one attached hydrogen (secondary N) is 2. The fraction of sp³-hybridized carbons (Fsp3) is 0.814. The predicted molar refractivity (Wildman–Crippen MR) is 431 cm³/mol. The number of carbonyl (C=O) groups is 2. The van der Waals surface area contributed by atoms with E-state index in [1.54, 1.807) is 6.92 Å². The maximum Gasteiger partial charge on any atom is 0.472 e. The van der Waals surface area contributed by atoms with E-state index < -0.39 is 92.2 Å². The third-order valence-corrected chi connectivity index (χ3v) is 22.4. The van der Waals surface area contributed by atoms with Gasteiger partial charge in [-0.1, -0.05) is 317 Å². The van der Waals surface area contributed by atoms with Gasteiger partial charge in [-0.25, -0.2) is 14.2 Å². The van der Waals surface area contributed by atoms with Crippen molar-refractivity contribution in [1.29, 1.82) is 0 Å². The van der Waals surface area contributed by atoms with E-state index >= 15 is 0 Å². The molecule has 2 aliphatic rings. The molecule has 618 valence electrons. The van der Waals surface area contributed by atoms with Crippen molar-refractivity contribution in [1.82, 2.24) is 19.1 Å². The molecule has 0 amide bonds. The third-order valence-electron chi connectivity index (χ3n) is 21.4. The first kappa shape index (κ1) is 93.5. The third kappa shape index (κ3) is 39.9. The maximum absolute atomic E-state index is 13.7. The van der Waals surface area contributed by atoms with E-state index in [1.807, 2.05) is 12.1 Å². The molecule has 108 heavy (non-hydrogen) atoms. The van der Waals surface area contributed by atoms with E-state index in [9.17, 15) is 38.2 Å². The number of aromatic amines is 2. The number of carbonyl (C=O) groups excluding carboxylic acids is 2. The number of nitrogens with zero attached hydrogens (tertiary/aromatic N) is 2. The zero-order valence-corrected chi connectivity index (χ0v) is 69.0. The quantitative estimate of drug-likeness (QED) is 0.0269. The molecule has 1 aromatic carbocycles. The fourth-order valence-electron chi connectivity index (χ4n) is 14.7. The minimum Gasteiger partial charge on any atom is -0.490 e. The number of phosphoric ester groups is 1. The number of H-pyrrole nitrogens is 2. The van der Waals surface area contributed by atoms with Crippen molar-refractivity contribution in [2.24, 2.45) is 0 Å². The van der Waals surface area contributed by atoms with Gasteiger partial charge >= 0.3 is 31.1 Å². The van der Waals surface area contributed by atoms with Crippen LogP contribution >= 0.6 is 7.82 Å². The Labute approximate surface area is 648 Å². The van der Waals surface area contributed by atoms with Crippen LogP contribution in [0, 0.1) is 13.8 Å². The van der Waals surface area contributed by atoms with Crippen molar-refractivity contribution in [2.75, 3.05) is 26.4 Å². The molecule has 0 radical (unpaired) electrons. The lowest BCUT2D eigenvalue weighted by Gasteiger charge is -2.23. The van der Waals surface area contributed by atoms with Crippen LogP contribution in [-0.2, 0) is 48.8 Å². The Morgan fingerprint density at radius 2 is 0.778 bits per heavy atom. The fourth-order valence-corrected chi connectivity index (χ4v) is 15.6. The highest BCUT2D eigenvalue weighted by Gasteiger charge is 2.44. The molecular formula is C86H147N4O17P. The van der Waals surface area contributed by atoms with E-state index in [1.165, 1.54) is 281 Å². The minimum atomic E-state index is -4.94. The molecule has 3 N–H and O–H groups in total. The maximum atomic E-state index is 13.7. The van der Waals surface area contributed by atoms with E-state index in [2.05, 4.69) is 30.7 Å². The summed E-state index contributed by atoms with van der Waals surface area (Å²) in [6.07, 6.45) is 57.1. The first-order chi connectivity index (χ1) is 52.6. The van der Waals surface area contributed by atoms with Gasteiger partial charge in [0.05, 0.1) is 51.5 Å². The van der Waals surface area contributed by atoms with Crippen LogP contribution in [0.5, 0.6) is 17.2 Å². The van der Waals surface area contributed by atoms with Crippen molar-refractivity contribution < 1.29 is 61.3 Å². The molecule has 22 heteroatoms. The number of ether oxygens (including phenoxy) is 7. The van der Waals surface area contributed by atoms with Crippen molar-refractivity contribution in [3.8, 4) is 17.2 Å². The zero-order chi connectivity index (χ0) is 77.7. The number of hydrogen-bond acceptors (Lipinski definition) is 16. The van der Waals surface area contributed by atoms with Crippen LogP contribution in [0.2, 0.25) is 0 Å². The van der Waals surface area contributed by atoms with Crippen molar-refractivity contribution in [2.45, 2.75) is 425 Å². The number of hydrogen-bond donors (Lipinski definition) is 3. The highest BCUT2D eigenvalue weighted by Crippen LogP contribution is 2.50. The monoisotopic (exact) mass is 1540 g/mol. The van der Waals surface area contributed by atoms with Crippen LogP contribution in [0.4, 0.5) is 0 Å². The number of aryl methyl sites for hydroxylation is 2. The molecular weight excluding hydrogens is 1390 g/mol. The predicted octanol–water partition coefficient (Wildman–Crippen LogP) is 21.5. The van der Waals surface area contributed by atoms with Crippen LogP contribution in [0.15, 0.2) is 43.7 Å². The van der Waals surface area contributed by atoms with E-state index in [0.717, 1.165) is 62.4 Å². The van der Waals surface area contributed by atoms with Crippen LogP contribution in [-0.4, -0.2) is 86.8 Å². The van der Waals surface area contributed by atoms with Gasteiger partial charge in [-0.15, -0.1) is 0 Å². The molecule has 2 saturated heterocycles. The van der Waals surface area contributed by atoms with Crippen molar-refractivity contribution in [3.63, 3.8) is 0 Å². The molecule has 0 saturated carbocycles. The lowest BCUT2D eigenvalue weighted by atomic mass is 10.0. The highest BCUT2D eigenvalue weighted by molar-refractivity contribution is 7.47. The summed E-state index contributed by atoms with van der Waals surface area (Å²) in [4.78, 5) is 93.3. The van der Waals surface area contributed by atoms with Crippen molar-refractivity contribution >= 4 is 19.8 Å². The Kier molecular flexibility index (Phi) is 50.2. The Morgan fingerprint density at radius 3 is 1.14 bits per heavy atom. The molecule has 2 fully saturated rings. The summed E-state index contributed by atoms with van der Waals surface area (Å²) in [7, 11) is -4.94. The molecule has 0 aliphatic carbocycles. The molecule has 21 nitrogen and oxygen atoms in total. The average Bonchev–Trinajstić information content (AvgIpc) is 1.59. The normalized spacial score (nSPS) is 17.7. The van der Waals surface area contributed by atoms with E-state index in [-0.39, 0.29) is 37.0 Å². The van der Waals surface area contributed by atoms with Crippen LogP contribution in [0.1, 0.15) is 397 Å². The Balaban J connectivity index is 1.20. The van der Waals surface area contributed by atoms with Gasteiger partial charge in [0, 0.05) is 36.4 Å². The molecule has 2 aliphatic heterocycles. The van der Waals surface area contributed by atoms with Gasteiger partial charge in [0.2, 0.25) is 5.75 Å². The first-order valence-corrected chi connectivity index (χ1v) is 45.1. The van der Waals surface area contributed by atoms with E-state index in [4.69, 9.17) is 42.2 Å². The zero-order valence-electron chi connectivity index (χ0n) is 68.1. The summed E-state index contributed by atoms with van der Waals surface area (Å²) in [5.74, 6) is 0.187. The van der Waals surface area contributed by atoms with Crippen LogP contribution in [0.3, 0.4) is 0 Å². The van der Waals surface area contributed by atoms with Gasteiger partial charge in [-0.05, 0) is 57.2 Å². The van der Waals surface area contributed by atoms with Gasteiger partial charge < -0.3 is 38.1 Å². The Hall–Kier alpha value is -5.05. The standard InChI is InChI=1S/C86H147N4O17P/c1-7-11-14-17-20-23-26-29-32-35-38-41-44-47-50-53-58-99-75-61-71(62-76(100-59-54-51-48-45-42-39-36-33-30-27-24-21-18-15-12-8-2)82(75)101-60-55-52-49-46-43-40-37-34-31-28-25-22-19-16-13-9-3)67-102-80(91)56-57-81(92)106-73-63-78(89-65-69(5)83(93)87-85(89)95)105-77(73)68-103-108(97,98)107-74-64-79(104-72(74)10-4)90-66-70(6)84(94)88-86(90)96/h61-62,65-66,72-74,77-79H,7-60,63-64,67-68H2,1-6H3,(H,97,98)(H,87,93,95)(H,88,94,96)/t72-,73-,74-,77-,78-,79-/m1/s1. The molecule has 3 aromatic rings. The smallest absolute Gasteiger partial charge is 0.472 e. The summed E-state index contributed by atoms with van der Waals surface area (Å²) >= 11 is 0. The summed E-state index contributed by atoms with van der Waals surface area (Å²) < 4.78 is 71.1. The molecule has 1 unspecified atom stereocenters. The molecule has 0 bridgehead atoms. The topological polar surface area (TPSA) is 264 Å². The minimum absolute atomic E-state index is 0.0397. The molecule has 7 atom stereocenters. The molecule has 2 aromatic heterocycles. The van der Waals surface area contributed by atoms with Crippen LogP contribution in [0.25, 0.3) is 0 Å². The summed E-state index contributed by atoms with van der Waals surface area (Å²) in [5.41, 5.74) is -1.56. The Bertz CT molecular complexity index is 3110. The SMILES string of the molecule is CCCCCCCCCCCCCCCCCCOc1cc(COC(=O)CCC(=O)O[C@@H]2C[C@H](n3cc(C)c(=O)[nH]c3=O)O[C@@H]2COP(=O)(O)O[C@@H]2C[C@H](n3cc(C)c(=O)[nH]c3=O)O[C@@H]2CC)cc(OCCCCCCCCCCCCCCCCCC)c1OCCCCCCCCCCCCCCCCCC. The number of aromatic nitrogens is 4. The number of phosphoric acid groups is 1. The lowest BCUT2D eigenvalue weighted by Crippen LogP contribution is -2.33. The summed E-state index contributed by atoms with van der Waals surface area (Å²) in [5, 5.41) is 0. The van der Waals surface area contributed by atoms with Crippen molar-refractivity contribution in [3.05, 3.63) is 82.9 Å². The first-order valence-electron chi connectivity index (χ1n) is 43.6. The number of benzene rings is 1. The molecule has 4 heterocycles. The largest absolute Gasteiger partial charge is 0.490 e. The summed E-state index contributed by atoms with van der Waals surface area (Å²) in [6, 6.07) is 3.75. The summed E-state index contributed by atoms with van der Waals surface area (Å²) in [6.45, 7) is 12.3. The van der Waals surface area contributed by atoms with Gasteiger partial charge in [-0.2, -0.15) is 0 Å². The van der Waals surface area contributed by atoms with Gasteiger partial charge in [0.25, 0.3) is 11.1 Å².